The molecule has 0 bridgehead atoms. The van der Waals surface area contributed by atoms with E-state index in [1.807, 2.05) is 30.5 Å². The second-order valence-corrected chi connectivity index (χ2v) is 2.15. The molecule has 0 aliphatic heterocycles. The number of hydrogen-bond acceptors (Lipinski definition) is 1. The van der Waals surface area contributed by atoms with Gasteiger partial charge in [0.05, 0.1) is 0 Å². The summed E-state index contributed by atoms with van der Waals surface area (Å²) < 4.78 is 0. The van der Waals surface area contributed by atoms with Crippen LogP contribution in [0.5, 0.6) is 0 Å². The Kier molecular flexibility index (Phi) is 3.68. The molecule has 48 valence electrons. The Morgan fingerprint density at radius 2 is 2.09 bits per heavy atom. The van der Waals surface area contributed by atoms with Gasteiger partial charge in [0.15, 0.2) is 0 Å². The predicted octanol–water partition coefficient (Wildman–Crippen LogP) is -0.961. The summed E-state index contributed by atoms with van der Waals surface area (Å²) in [5, 5.41) is 2.36. The molecular formula is C9H6KN. The first kappa shape index (κ1) is 9.36. The van der Waals surface area contributed by atoms with Crippen LogP contribution in [-0.4, -0.2) is 4.98 Å². The summed E-state index contributed by atoms with van der Waals surface area (Å²) in [5.74, 6) is 0. The molecule has 0 aliphatic rings. The van der Waals surface area contributed by atoms with Gasteiger partial charge in [0.1, 0.15) is 0 Å². The van der Waals surface area contributed by atoms with Gasteiger partial charge in [0.2, 0.25) is 0 Å². The van der Waals surface area contributed by atoms with E-state index in [-0.39, 0.29) is 51.4 Å². The largest absolute Gasteiger partial charge is 1.00 e. The molecule has 0 radical (unpaired) electrons. The number of pyridine rings is 1. The summed E-state index contributed by atoms with van der Waals surface area (Å²) in [7, 11) is 0. The Morgan fingerprint density at radius 1 is 1.18 bits per heavy atom. The van der Waals surface area contributed by atoms with Gasteiger partial charge >= 0.3 is 51.4 Å². The Hall–Kier alpha value is 0.266. The van der Waals surface area contributed by atoms with Crippen molar-refractivity contribution in [3.63, 3.8) is 0 Å². The molecule has 0 saturated carbocycles. The van der Waals surface area contributed by atoms with Crippen LogP contribution in [-0.2, 0) is 0 Å². The minimum absolute atomic E-state index is 0. The molecule has 11 heavy (non-hydrogen) atoms. The van der Waals surface area contributed by atoms with E-state index in [0.29, 0.717) is 0 Å². The van der Waals surface area contributed by atoms with Crippen LogP contribution in [0.1, 0.15) is 0 Å². The summed E-state index contributed by atoms with van der Waals surface area (Å²) in [6.07, 6.45) is 3.63. The molecule has 0 saturated heterocycles. The van der Waals surface area contributed by atoms with E-state index in [9.17, 15) is 0 Å². The summed E-state index contributed by atoms with van der Waals surface area (Å²) in [6.45, 7) is 0. The molecule has 2 aromatic rings. The van der Waals surface area contributed by atoms with Crippen LogP contribution < -0.4 is 51.4 Å². The molecule has 0 N–H and O–H groups in total. The van der Waals surface area contributed by atoms with Crippen LogP contribution in [0.25, 0.3) is 10.8 Å². The molecular weight excluding hydrogens is 161 g/mol. The third-order valence-electron chi connectivity index (χ3n) is 1.49. The van der Waals surface area contributed by atoms with Crippen molar-refractivity contribution >= 4 is 10.8 Å². The zero-order valence-corrected chi connectivity index (χ0v) is 9.53. The normalized spacial score (nSPS) is 9.09. The quantitative estimate of drug-likeness (QED) is 0.364. The second-order valence-electron chi connectivity index (χ2n) is 2.15. The van der Waals surface area contributed by atoms with Gasteiger partial charge in [0, 0.05) is 6.20 Å². The van der Waals surface area contributed by atoms with Crippen LogP contribution in [0.15, 0.2) is 36.7 Å². The first-order valence-electron chi connectivity index (χ1n) is 3.17. The molecule has 0 unspecified atom stereocenters. The molecule has 1 nitrogen and oxygen atoms in total. The smallest absolute Gasteiger partial charge is 0.277 e. The van der Waals surface area contributed by atoms with Crippen molar-refractivity contribution in [2.75, 3.05) is 0 Å². The number of aromatic nitrogens is 1. The maximum Gasteiger partial charge on any atom is 1.00 e. The Bertz CT molecular complexity index is 281. The van der Waals surface area contributed by atoms with Gasteiger partial charge in [-0.25, -0.2) is 0 Å². The predicted molar refractivity (Wildman–Crippen MR) is 40.6 cm³/mol. The van der Waals surface area contributed by atoms with Crippen molar-refractivity contribution in [3.8, 4) is 0 Å². The van der Waals surface area contributed by atoms with Crippen molar-refractivity contribution < 1.29 is 51.4 Å². The zero-order valence-electron chi connectivity index (χ0n) is 6.41. The van der Waals surface area contributed by atoms with Gasteiger partial charge in [-0.15, -0.1) is 10.8 Å². The van der Waals surface area contributed by atoms with Crippen LogP contribution in [0.3, 0.4) is 0 Å². The maximum atomic E-state index is 3.99. The molecule has 0 atom stereocenters. The molecule has 1 heterocycles. The average molecular weight is 167 g/mol. The number of nitrogens with zero attached hydrogens (tertiary/aromatic N) is 1. The Balaban J connectivity index is 0.000000605. The minimum atomic E-state index is 0. The molecule has 2 rings (SSSR count). The Morgan fingerprint density at radius 3 is 2.91 bits per heavy atom. The number of rotatable bonds is 0. The molecule has 2 heteroatoms. The van der Waals surface area contributed by atoms with E-state index in [1.165, 1.54) is 5.39 Å². The molecule has 1 aromatic carbocycles. The van der Waals surface area contributed by atoms with Gasteiger partial charge in [-0.05, 0) is 6.20 Å². The van der Waals surface area contributed by atoms with E-state index >= 15 is 0 Å². The van der Waals surface area contributed by atoms with Crippen LogP contribution >= 0.6 is 0 Å². The monoisotopic (exact) mass is 167 g/mol. The van der Waals surface area contributed by atoms with Crippen molar-refractivity contribution in [2.24, 2.45) is 0 Å². The van der Waals surface area contributed by atoms with Crippen molar-refractivity contribution in [3.05, 3.63) is 42.7 Å². The average Bonchev–Trinajstić information content (AvgIpc) is 2.05. The van der Waals surface area contributed by atoms with E-state index in [4.69, 9.17) is 0 Å². The van der Waals surface area contributed by atoms with E-state index in [0.717, 1.165) is 5.39 Å². The SMILES string of the molecule is [K+].[c-]1ccc2ccncc2c1. The summed E-state index contributed by atoms with van der Waals surface area (Å²) in [4.78, 5) is 3.99. The molecule has 1 aromatic heterocycles. The van der Waals surface area contributed by atoms with Gasteiger partial charge in [-0.2, -0.15) is 24.3 Å². The molecule has 0 fully saturated rings. The van der Waals surface area contributed by atoms with Crippen molar-refractivity contribution in [1.29, 1.82) is 0 Å². The standard InChI is InChI=1S/C9H6N.K/c1-2-4-9-7-10-6-5-8(9)3-1;/h1,3-7H;/q-1;+1. The summed E-state index contributed by atoms with van der Waals surface area (Å²) in [6, 6.07) is 10.8. The van der Waals surface area contributed by atoms with Gasteiger partial charge in [-0.3, -0.25) is 4.98 Å². The number of hydrogen-bond donors (Lipinski definition) is 0. The molecule has 0 spiro atoms. The first-order valence-corrected chi connectivity index (χ1v) is 3.17. The van der Waals surface area contributed by atoms with Crippen LogP contribution in [0.4, 0.5) is 0 Å². The number of benzene rings is 1. The fourth-order valence-electron chi connectivity index (χ4n) is 0.966. The zero-order chi connectivity index (χ0) is 6.81. The Labute approximate surface area is 108 Å². The third-order valence-corrected chi connectivity index (χ3v) is 1.49. The first-order chi connectivity index (χ1) is 4.97. The second kappa shape index (κ2) is 4.33. The summed E-state index contributed by atoms with van der Waals surface area (Å²) >= 11 is 0. The van der Waals surface area contributed by atoms with E-state index < -0.39 is 0 Å². The van der Waals surface area contributed by atoms with E-state index in [1.54, 1.807) is 6.20 Å². The van der Waals surface area contributed by atoms with Crippen LogP contribution in [0, 0.1) is 6.07 Å². The third kappa shape index (κ3) is 2.10. The number of fused-ring (bicyclic) bond motifs is 1. The van der Waals surface area contributed by atoms with Gasteiger partial charge in [-0.1, -0.05) is 6.07 Å². The summed E-state index contributed by atoms with van der Waals surface area (Å²) in [5.41, 5.74) is 0. The van der Waals surface area contributed by atoms with Crippen LogP contribution in [0.2, 0.25) is 0 Å². The fourth-order valence-corrected chi connectivity index (χ4v) is 0.966. The van der Waals surface area contributed by atoms with E-state index in [2.05, 4.69) is 11.1 Å². The van der Waals surface area contributed by atoms with Gasteiger partial charge in [0.25, 0.3) is 0 Å². The topological polar surface area (TPSA) is 12.9 Å². The minimum Gasteiger partial charge on any atom is -0.277 e. The maximum absolute atomic E-state index is 3.99. The van der Waals surface area contributed by atoms with Crippen molar-refractivity contribution in [1.82, 2.24) is 4.98 Å². The van der Waals surface area contributed by atoms with Gasteiger partial charge < -0.3 is 0 Å². The molecule has 0 amide bonds. The fraction of sp³-hybridized carbons (Fsp3) is 0. The molecule has 0 aliphatic carbocycles. The van der Waals surface area contributed by atoms with Crippen molar-refractivity contribution in [2.45, 2.75) is 0 Å².